The summed E-state index contributed by atoms with van der Waals surface area (Å²) in [6.45, 7) is 2.95. The zero-order valence-corrected chi connectivity index (χ0v) is 11.5. The van der Waals surface area contributed by atoms with Gasteiger partial charge in [-0.05, 0) is 6.42 Å². The van der Waals surface area contributed by atoms with Crippen molar-refractivity contribution in [1.29, 1.82) is 0 Å². The Bertz CT molecular complexity index is 370. The molecular formula is C11H17NO6S. The number of rotatable bonds is 8. The lowest BCUT2D eigenvalue weighted by Crippen LogP contribution is -2.43. The molecular weight excluding hydrogens is 274 g/mol. The average molecular weight is 291 g/mol. The van der Waals surface area contributed by atoms with Gasteiger partial charge in [0.15, 0.2) is 5.12 Å². The molecule has 19 heavy (non-hydrogen) atoms. The van der Waals surface area contributed by atoms with Crippen molar-refractivity contribution in [2.45, 2.75) is 32.7 Å². The first-order valence-corrected chi connectivity index (χ1v) is 6.61. The number of aliphatic carboxylic acids is 2. The highest BCUT2D eigenvalue weighted by Crippen LogP contribution is 2.10. The van der Waals surface area contributed by atoms with Gasteiger partial charge in [-0.25, -0.2) is 4.79 Å². The summed E-state index contributed by atoms with van der Waals surface area (Å²) >= 11 is 0.980. The van der Waals surface area contributed by atoms with Crippen molar-refractivity contribution in [2.75, 3.05) is 5.75 Å². The minimum absolute atomic E-state index is 0.125. The zero-order valence-electron chi connectivity index (χ0n) is 10.7. The topological polar surface area (TPSA) is 121 Å². The molecule has 0 unspecified atom stereocenters. The van der Waals surface area contributed by atoms with Crippen LogP contribution in [-0.4, -0.2) is 45.0 Å². The van der Waals surface area contributed by atoms with E-state index in [4.69, 9.17) is 10.2 Å². The van der Waals surface area contributed by atoms with Crippen LogP contribution in [0.25, 0.3) is 0 Å². The smallest absolute Gasteiger partial charge is 0.326 e. The molecule has 0 saturated carbocycles. The van der Waals surface area contributed by atoms with E-state index in [2.05, 4.69) is 5.32 Å². The van der Waals surface area contributed by atoms with Crippen LogP contribution in [0.5, 0.6) is 0 Å². The predicted octanol–water partition coefficient (Wildman–Crippen LogP) is 0.336. The SMILES string of the molecule is CC(=O)SC[C@@H](C)C(=O)N[C@@H](CCC(=O)O)C(=O)O. The third-order valence-electron chi connectivity index (χ3n) is 2.25. The minimum Gasteiger partial charge on any atom is -0.481 e. The van der Waals surface area contributed by atoms with E-state index < -0.39 is 29.8 Å². The zero-order chi connectivity index (χ0) is 15.0. The first kappa shape index (κ1) is 17.4. The molecule has 0 radical (unpaired) electrons. The normalized spacial score (nSPS) is 13.4. The lowest BCUT2D eigenvalue weighted by Gasteiger charge is -2.16. The van der Waals surface area contributed by atoms with Gasteiger partial charge in [0.25, 0.3) is 0 Å². The van der Waals surface area contributed by atoms with Gasteiger partial charge >= 0.3 is 11.9 Å². The first-order chi connectivity index (χ1) is 8.73. The molecule has 0 aliphatic heterocycles. The summed E-state index contributed by atoms with van der Waals surface area (Å²) < 4.78 is 0. The number of hydrogen-bond donors (Lipinski definition) is 3. The van der Waals surface area contributed by atoms with Gasteiger partial charge in [0.1, 0.15) is 6.04 Å². The Morgan fingerprint density at radius 3 is 2.21 bits per heavy atom. The standard InChI is InChI=1S/C11H17NO6S/c1-6(5-19-7(2)13)10(16)12-8(11(17)18)3-4-9(14)15/h6,8H,3-5H2,1-2H3,(H,12,16)(H,14,15)(H,17,18)/t6-,8+/m1/s1. The molecule has 0 aromatic rings. The van der Waals surface area contributed by atoms with Crippen molar-refractivity contribution < 1.29 is 29.4 Å². The molecule has 0 rings (SSSR count). The number of carbonyl (C=O) groups excluding carboxylic acids is 2. The molecule has 0 spiro atoms. The number of hydrogen-bond acceptors (Lipinski definition) is 5. The number of carboxylic acids is 2. The second-order valence-electron chi connectivity index (χ2n) is 4.04. The number of carbonyl (C=O) groups is 4. The lowest BCUT2D eigenvalue weighted by atomic mass is 10.1. The van der Waals surface area contributed by atoms with Crippen LogP contribution in [0.15, 0.2) is 0 Å². The fourth-order valence-corrected chi connectivity index (χ4v) is 1.79. The van der Waals surface area contributed by atoms with E-state index in [1.807, 2.05) is 0 Å². The molecule has 0 aliphatic carbocycles. The van der Waals surface area contributed by atoms with E-state index in [9.17, 15) is 19.2 Å². The van der Waals surface area contributed by atoms with Gasteiger partial charge in [-0.15, -0.1) is 0 Å². The molecule has 0 aromatic heterocycles. The maximum Gasteiger partial charge on any atom is 0.326 e. The van der Waals surface area contributed by atoms with Crippen LogP contribution >= 0.6 is 11.8 Å². The van der Waals surface area contributed by atoms with Gasteiger partial charge in [-0.2, -0.15) is 0 Å². The third kappa shape index (κ3) is 8.20. The second-order valence-corrected chi connectivity index (χ2v) is 5.23. The molecule has 1 amide bonds. The number of thioether (sulfide) groups is 1. The summed E-state index contributed by atoms with van der Waals surface area (Å²) in [5.41, 5.74) is 0. The second kappa shape index (κ2) is 8.52. The summed E-state index contributed by atoms with van der Waals surface area (Å²) in [5, 5.41) is 19.5. The Balaban J connectivity index is 4.33. The van der Waals surface area contributed by atoms with Crippen LogP contribution in [0.4, 0.5) is 0 Å². The Hall–Kier alpha value is -1.57. The molecule has 0 fully saturated rings. The summed E-state index contributed by atoms with van der Waals surface area (Å²) in [7, 11) is 0. The van der Waals surface area contributed by atoms with Crippen molar-refractivity contribution in [3.05, 3.63) is 0 Å². The Morgan fingerprint density at radius 2 is 1.79 bits per heavy atom. The Morgan fingerprint density at radius 1 is 1.21 bits per heavy atom. The van der Waals surface area contributed by atoms with Crippen molar-refractivity contribution in [1.82, 2.24) is 5.32 Å². The molecule has 3 N–H and O–H groups in total. The summed E-state index contributed by atoms with van der Waals surface area (Å²) in [6, 6.07) is -1.23. The molecule has 7 nitrogen and oxygen atoms in total. The fourth-order valence-electron chi connectivity index (χ4n) is 1.16. The molecule has 8 heteroatoms. The van der Waals surface area contributed by atoms with E-state index in [0.29, 0.717) is 0 Å². The highest BCUT2D eigenvalue weighted by molar-refractivity contribution is 8.13. The predicted molar refractivity (Wildman–Crippen MR) is 68.7 cm³/mol. The van der Waals surface area contributed by atoms with Crippen LogP contribution < -0.4 is 5.32 Å². The van der Waals surface area contributed by atoms with Crippen molar-refractivity contribution in [3.8, 4) is 0 Å². The largest absolute Gasteiger partial charge is 0.481 e. The number of nitrogens with one attached hydrogen (secondary N) is 1. The average Bonchev–Trinajstić information content (AvgIpc) is 2.30. The van der Waals surface area contributed by atoms with E-state index in [1.165, 1.54) is 6.92 Å². The van der Waals surface area contributed by atoms with E-state index in [0.717, 1.165) is 11.8 Å². The maximum absolute atomic E-state index is 11.7. The first-order valence-electron chi connectivity index (χ1n) is 5.62. The Kier molecular flexibility index (Phi) is 7.81. The number of amides is 1. The molecule has 2 atom stereocenters. The van der Waals surface area contributed by atoms with Crippen LogP contribution in [-0.2, 0) is 19.2 Å². The summed E-state index contributed by atoms with van der Waals surface area (Å²) in [4.78, 5) is 43.7. The molecule has 0 heterocycles. The maximum atomic E-state index is 11.7. The van der Waals surface area contributed by atoms with Gasteiger partial charge in [0.2, 0.25) is 5.91 Å². The fraction of sp³-hybridized carbons (Fsp3) is 0.636. The van der Waals surface area contributed by atoms with E-state index >= 15 is 0 Å². The van der Waals surface area contributed by atoms with Crippen LogP contribution in [0.3, 0.4) is 0 Å². The van der Waals surface area contributed by atoms with E-state index in [-0.39, 0.29) is 23.7 Å². The van der Waals surface area contributed by atoms with Crippen molar-refractivity contribution in [3.63, 3.8) is 0 Å². The molecule has 0 aromatic carbocycles. The summed E-state index contributed by atoms with van der Waals surface area (Å²) in [6.07, 6.45) is -0.517. The summed E-state index contributed by atoms with van der Waals surface area (Å²) in [5.74, 6) is -3.18. The third-order valence-corrected chi connectivity index (χ3v) is 3.32. The van der Waals surface area contributed by atoms with Crippen LogP contribution in [0.2, 0.25) is 0 Å². The van der Waals surface area contributed by atoms with Crippen LogP contribution in [0.1, 0.15) is 26.7 Å². The highest BCUT2D eigenvalue weighted by Gasteiger charge is 2.23. The molecule has 0 bridgehead atoms. The van der Waals surface area contributed by atoms with Crippen LogP contribution in [0, 0.1) is 5.92 Å². The molecule has 0 aliphatic rings. The highest BCUT2D eigenvalue weighted by atomic mass is 32.2. The molecule has 108 valence electrons. The van der Waals surface area contributed by atoms with Gasteiger partial charge in [0.05, 0.1) is 0 Å². The van der Waals surface area contributed by atoms with Crippen molar-refractivity contribution >= 4 is 34.7 Å². The Labute approximate surface area is 114 Å². The van der Waals surface area contributed by atoms with Gasteiger partial charge in [-0.3, -0.25) is 14.4 Å². The quantitative estimate of drug-likeness (QED) is 0.589. The van der Waals surface area contributed by atoms with E-state index in [1.54, 1.807) is 6.92 Å². The van der Waals surface area contributed by atoms with Gasteiger partial charge in [-0.1, -0.05) is 18.7 Å². The lowest BCUT2D eigenvalue weighted by molar-refractivity contribution is -0.143. The van der Waals surface area contributed by atoms with Crippen molar-refractivity contribution in [2.24, 2.45) is 5.92 Å². The monoisotopic (exact) mass is 291 g/mol. The minimum atomic E-state index is -1.28. The van der Waals surface area contributed by atoms with Gasteiger partial charge < -0.3 is 15.5 Å². The number of carboxylic acid groups (broad SMARTS) is 2. The molecule has 0 saturated heterocycles. The van der Waals surface area contributed by atoms with Gasteiger partial charge in [0, 0.05) is 25.0 Å².